The SMILES string of the molecule is COCC(CF)NC(C)C. The van der Waals surface area contributed by atoms with Crippen LogP contribution >= 0.6 is 0 Å². The van der Waals surface area contributed by atoms with Crippen molar-refractivity contribution < 1.29 is 9.13 Å². The van der Waals surface area contributed by atoms with Gasteiger partial charge in [0.05, 0.1) is 12.6 Å². The molecule has 0 saturated heterocycles. The molecule has 3 heteroatoms. The van der Waals surface area contributed by atoms with Crippen LogP contribution in [0.1, 0.15) is 13.8 Å². The van der Waals surface area contributed by atoms with Crippen LogP contribution in [0.3, 0.4) is 0 Å². The first-order valence-corrected chi connectivity index (χ1v) is 3.51. The Balaban J connectivity index is 3.39. The number of alkyl halides is 1. The van der Waals surface area contributed by atoms with Crippen molar-refractivity contribution in [2.75, 3.05) is 20.4 Å². The summed E-state index contributed by atoms with van der Waals surface area (Å²) in [6, 6.07) is 0.167. The van der Waals surface area contributed by atoms with Gasteiger partial charge in [-0.2, -0.15) is 0 Å². The Kier molecular flexibility index (Phi) is 5.54. The standard InChI is InChI=1S/C7H16FNO/c1-6(2)9-7(4-8)5-10-3/h6-7,9H,4-5H2,1-3H3. The van der Waals surface area contributed by atoms with Crippen LogP contribution in [0.5, 0.6) is 0 Å². The minimum Gasteiger partial charge on any atom is -0.383 e. The summed E-state index contributed by atoms with van der Waals surface area (Å²) >= 11 is 0. The van der Waals surface area contributed by atoms with Gasteiger partial charge in [0.25, 0.3) is 0 Å². The second-order valence-electron chi connectivity index (χ2n) is 2.63. The molecule has 0 aromatic rings. The fourth-order valence-corrected chi connectivity index (χ4v) is 0.810. The lowest BCUT2D eigenvalue weighted by atomic mass is 10.3. The van der Waals surface area contributed by atoms with Gasteiger partial charge in [-0.3, -0.25) is 0 Å². The van der Waals surface area contributed by atoms with Crippen LogP contribution < -0.4 is 5.32 Å². The molecular weight excluding hydrogens is 133 g/mol. The number of hydrogen-bond acceptors (Lipinski definition) is 2. The highest BCUT2D eigenvalue weighted by Crippen LogP contribution is 1.89. The summed E-state index contributed by atoms with van der Waals surface area (Å²) in [6.07, 6.45) is 0. The predicted octanol–water partition coefficient (Wildman–Crippen LogP) is 0.969. The van der Waals surface area contributed by atoms with Crippen molar-refractivity contribution in [1.29, 1.82) is 0 Å². The van der Waals surface area contributed by atoms with Gasteiger partial charge in [-0.15, -0.1) is 0 Å². The number of methoxy groups -OCH3 is 1. The van der Waals surface area contributed by atoms with Crippen molar-refractivity contribution in [2.45, 2.75) is 25.9 Å². The van der Waals surface area contributed by atoms with E-state index in [2.05, 4.69) is 5.32 Å². The van der Waals surface area contributed by atoms with Crippen molar-refractivity contribution >= 4 is 0 Å². The maximum atomic E-state index is 12.1. The lowest BCUT2D eigenvalue weighted by Gasteiger charge is -2.16. The van der Waals surface area contributed by atoms with Crippen LogP contribution in [-0.4, -0.2) is 32.5 Å². The molecule has 0 saturated carbocycles. The Bertz CT molecular complexity index is 78.0. The number of hydrogen-bond donors (Lipinski definition) is 1. The quantitative estimate of drug-likeness (QED) is 0.629. The van der Waals surface area contributed by atoms with Gasteiger partial charge in [0.15, 0.2) is 0 Å². The molecule has 0 aliphatic rings. The van der Waals surface area contributed by atoms with Gasteiger partial charge in [-0.25, -0.2) is 4.39 Å². The van der Waals surface area contributed by atoms with Crippen molar-refractivity contribution in [2.24, 2.45) is 0 Å². The molecule has 0 radical (unpaired) electrons. The van der Waals surface area contributed by atoms with E-state index >= 15 is 0 Å². The molecule has 0 bridgehead atoms. The molecule has 0 spiro atoms. The van der Waals surface area contributed by atoms with Crippen LogP contribution in [0, 0.1) is 0 Å². The van der Waals surface area contributed by atoms with Gasteiger partial charge in [0.1, 0.15) is 6.67 Å². The molecule has 0 heterocycles. The van der Waals surface area contributed by atoms with E-state index in [4.69, 9.17) is 4.74 Å². The van der Waals surface area contributed by atoms with Gasteiger partial charge in [0, 0.05) is 13.2 Å². The molecule has 1 unspecified atom stereocenters. The average molecular weight is 149 g/mol. The van der Waals surface area contributed by atoms with Crippen LogP contribution in [0.25, 0.3) is 0 Å². The number of nitrogens with one attached hydrogen (secondary N) is 1. The average Bonchev–Trinajstić information content (AvgIpc) is 1.86. The largest absolute Gasteiger partial charge is 0.383 e. The first-order valence-electron chi connectivity index (χ1n) is 3.51. The molecule has 0 amide bonds. The van der Waals surface area contributed by atoms with E-state index in [9.17, 15) is 4.39 Å². The van der Waals surface area contributed by atoms with Crippen LogP contribution in [0.2, 0.25) is 0 Å². The third kappa shape index (κ3) is 4.70. The Morgan fingerprint density at radius 2 is 2.10 bits per heavy atom. The summed E-state index contributed by atoms with van der Waals surface area (Å²) in [7, 11) is 1.57. The van der Waals surface area contributed by atoms with Gasteiger partial charge in [0.2, 0.25) is 0 Å². The zero-order valence-electron chi connectivity index (χ0n) is 6.86. The topological polar surface area (TPSA) is 21.3 Å². The molecule has 0 aliphatic heterocycles. The second-order valence-corrected chi connectivity index (χ2v) is 2.63. The maximum Gasteiger partial charge on any atom is 0.107 e. The highest BCUT2D eigenvalue weighted by molar-refractivity contribution is 4.66. The van der Waals surface area contributed by atoms with Crippen LogP contribution in [-0.2, 0) is 4.74 Å². The summed E-state index contributed by atoms with van der Waals surface area (Å²) in [5.74, 6) is 0. The van der Waals surface area contributed by atoms with E-state index in [0.29, 0.717) is 12.6 Å². The van der Waals surface area contributed by atoms with Crippen molar-refractivity contribution in [1.82, 2.24) is 5.32 Å². The summed E-state index contributed by atoms with van der Waals surface area (Å²) in [5.41, 5.74) is 0. The predicted molar refractivity (Wildman–Crippen MR) is 39.9 cm³/mol. The normalized spacial score (nSPS) is 14.1. The molecular formula is C7H16FNO. The maximum absolute atomic E-state index is 12.1. The number of rotatable bonds is 5. The highest BCUT2D eigenvalue weighted by atomic mass is 19.1. The fraction of sp³-hybridized carbons (Fsp3) is 1.00. The molecule has 0 rings (SSSR count). The summed E-state index contributed by atoms with van der Waals surface area (Å²) in [5, 5.41) is 3.03. The van der Waals surface area contributed by atoms with Crippen LogP contribution in [0.15, 0.2) is 0 Å². The van der Waals surface area contributed by atoms with E-state index in [1.807, 2.05) is 13.8 Å². The smallest absolute Gasteiger partial charge is 0.107 e. The Labute approximate surface area is 61.8 Å². The molecule has 0 aliphatic carbocycles. The fourth-order valence-electron chi connectivity index (χ4n) is 0.810. The number of ether oxygens (including phenoxy) is 1. The van der Waals surface area contributed by atoms with Gasteiger partial charge in [-0.05, 0) is 0 Å². The monoisotopic (exact) mass is 149 g/mol. The minimum atomic E-state index is -0.369. The molecule has 2 nitrogen and oxygen atoms in total. The third-order valence-corrected chi connectivity index (χ3v) is 1.12. The Morgan fingerprint density at radius 3 is 2.40 bits per heavy atom. The van der Waals surface area contributed by atoms with E-state index in [1.54, 1.807) is 7.11 Å². The molecule has 0 fully saturated rings. The van der Waals surface area contributed by atoms with E-state index in [-0.39, 0.29) is 12.7 Å². The van der Waals surface area contributed by atoms with Crippen molar-refractivity contribution in [3.05, 3.63) is 0 Å². The highest BCUT2D eigenvalue weighted by Gasteiger charge is 2.07. The zero-order valence-corrected chi connectivity index (χ0v) is 6.86. The molecule has 10 heavy (non-hydrogen) atoms. The first kappa shape index (κ1) is 9.85. The van der Waals surface area contributed by atoms with E-state index in [0.717, 1.165) is 0 Å². The lowest BCUT2D eigenvalue weighted by molar-refractivity contribution is 0.148. The summed E-state index contributed by atoms with van der Waals surface area (Å²) < 4.78 is 16.9. The number of halogens is 1. The van der Waals surface area contributed by atoms with Gasteiger partial charge >= 0.3 is 0 Å². The van der Waals surface area contributed by atoms with Crippen molar-refractivity contribution in [3.63, 3.8) is 0 Å². The second kappa shape index (κ2) is 5.62. The zero-order chi connectivity index (χ0) is 7.98. The third-order valence-electron chi connectivity index (χ3n) is 1.12. The lowest BCUT2D eigenvalue weighted by Crippen LogP contribution is -2.39. The Morgan fingerprint density at radius 1 is 1.50 bits per heavy atom. The van der Waals surface area contributed by atoms with E-state index in [1.165, 1.54) is 0 Å². The molecule has 1 atom stereocenters. The molecule has 62 valence electrons. The van der Waals surface area contributed by atoms with E-state index < -0.39 is 0 Å². The van der Waals surface area contributed by atoms with Crippen molar-refractivity contribution in [3.8, 4) is 0 Å². The summed E-state index contributed by atoms with van der Waals surface area (Å²) in [4.78, 5) is 0. The molecule has 0 aromatic heterocycles. The molecule has 1 N–H and O–H groups in total. The first-order chi connectivity index (χ1) is 4.70. The molecule has 0 aromatic carbocycles. The van der Waals surface area contributed by atoms with Gasteiger partial charge < -0.3 is 10.1 Å². The van der Waals surface area contributed by atoms with Crippen LogP contribution in [0.4, 0.5) is 4.39 Å². The summed E-state index contributed by atoms with van der Waals surface area (Å²) in [6.45, 7) is 4.04. The Hall–Kier alpha value is -0.150. The minimum absolute atomic E-state index is 0.148. The van der Waals surface area contributed by atoms with Gasteiger partial charge in [-0.1, -0.05) is 13.8 Å².